The van der Waals surface area contributed by atoms with Gasteiger partial charge in [-0.05, 0) is 52.7 Å². The Morgan fingerprint density at radius 1 is 1.14 bits per heavy atom. The molecule has 3 aromatic rings. The molecule has 0 bridgehead atoms. The van der Waals surface area contributed by atoms with Crippen molar-refractivity contribution in [2.24, 2.45) is 0 Å². The number of ether oxygens (including phenoxy) is 2. The Hall–Kier alpha value is -2.75. The van der Waals surface area contributed by atoms with Gasteiger partial charge in [-0.15, -0.1) is 5.10 Å². The van der Waals surface area contributed by atoms with Gasteiger partial charge in [-0.2, -0.15) is 17.9 Å². The summed E-state index contributed by atoms with van der Waals surface area (Å²) >= 11 is 1.35. The first-order valence-corrected chi connectivity index (χ1v) is 9.19. The van der Waals surface area contributed by atoms with Crippen LogP contribution in [0.5, 0.6) is 11.5 Å². The average Bonchev–Trinajstić information content (AvgIpc) is 3.13. The SMILES string of the molecule is COc1ccc(C)cc1-n1nnnc1SCc1cccc(OCC(F)(F)F)c1. The Balaban J connectivity index is 1.74. The highest BCUT2D eigenvalue weighted by atomic mass is 32.2. The lowest BCUT2D eigenvalue weighted by Crippen LogP contribution is -2.19. The molecule has 0 atom stereocenters. The molecule has 1 aromatic heterocycles. The van der Waals surface area contributed by atoms with E-state index < -0.39 is 12.8 Å². The number of halogens is 3. The number of aryl methyl sites for hydroxylation is 1. The third kappa shape index (κ3) is 5.16. The molecule has 2 aromatic carbocycles. The molecule has 0 saturated carbocycles. The normalized spacial score (nSPS) is 11.5. The van der Waals surface area contributed by atoms with E-state index in [0.29, 0.717) is 22.3 Å². The van der Waals surface area contributed by atoms with Crippen LogP contribution in [0.3, 0.4) is 0 Å². The highest BCUT2D eigenvalue weighted by Crippen LogP contribution is 2.29. The summed E-state index contributed by atoms with van der Waals surface area (Å²) < 4.78 is 48.7. The molecule has 0 fully saturated rings. The second-order valence-electron chi connectivity index (χ2n) is 5.89. The molecule has 0 unspecified atom stereocenters. The Labute approximate surface area is 163 Å². The van der Waals surface area contributed by atoms with Gasteiger partial charge >= 0.3 is 6.18 Å². The summed E-state index contributed by atoms with van der Waals surface area (Å²) in [7, 11) is 1.57. The van der Waals surface area contributed by atoms with Gasteiger partial charge in [0.1, 0.15) is 17.2 Å². The number of hydrogen-bond acceptors (Lipinski definition) is 6. The lowest BCUT2D eigenvalue weighted by atomic mass is 10.2. The van der Waals surface area contributed by atoms with Crippen LogP contribution in [-0.2, 0) is 5.75 Å². The first-order chi connectivity index (χ1) is 13.4. The average molecular weight is 410 g/mol. The third-order valence-electron chi connectivity index (χ3n) is 3.67. The minimum atomic E-state index is -4.38. The summed E-state index contributed by atoms with van der Waals surface area (Å²) in [5.41, 5.74) is 2.52. The minimum absolute atomic E-state index is 0.162. The fraction of sp³-hybridized carbons (Fsp3) is 0.278. The van der Waals surface area contributed by atoms with E-state index in [4.69, 9.17) is 9.47 Å². The highest BCUT2D eigenvalue weighted by Gasteiger charge is 2.28. The van der Waals surface area contributed by atoms with E-state index in [1.807, 2.05) is 25.1 Å². The fourth-order valence-electron chi connectivity index (χ4n) is 2.42. The van der Waals surface area contributed by atoms with Crippen LogP contribution in [0.1, 0.15) is 11.1 Å². The molecule has 10 heteroatoms. The predicted molar refractivity (Wildman–Crippen MR) is 98.0 cm³/mol. The standard InChI is InChI=1S/C18H17F3N4O2S/c1-12-6-7-16(26-2)15(8-12)25-17(22-23-24-25)28-10-13-4-3-5-14(9-13)27-11-18(19,20)21/h3-9H,10-11H2,1-2H3. The number of rotatable bonds is 7. The van der Waals surface area contributed by atoms with Crippen LogP contribution in [0.2, 0.25) is 0 Å². The molecule has 148 valence electrons. The molecule has 0 aliphatic heterocycles. The second kappa shape index (κ2) is 8.51. The van der Waals surface area contributed by atoms with E-state index in [2.05, 4.69) is 15.5 Å². The summed E-state index contributed by atoms with van der Waals surface area (Å²) in [6.07, 6.45) is -4.38. The lowest BCUT2D eigenvalue weighted by molar-refractivity contribution is -0.153. The van der Waals surface area contributed by atoms with Gasteiger partial charge in [0.05, 0.1) is 7.11 Å². The van der Waals surface area contributed by atoms with E-state index in [1.165, 1.54) is 17.8 Å². The summed E-state index contributed by atoms with van der Waals surface area (Å²) in [4.78, 5) is 0. The highest BCUT2D eigenvalue weighted by molar-refractivity contribution is 7.98. The van der Waals surface area contributed by atoms with Crippen molar-refractivity contribution in [3.05, 3.63) is 53.6 Å². The maximum Gasteiger partial charge on any atom is 0.422 e. The monoisotopic (exact) mass is 410 g/mol. The van der Waals surface area contributed by atoms with Crippen molar-refractivity contribution in [2.75, 3.05) is 13.7 Å². The van der Waals surface area contributed by atoms with Crippen molar-refractivity contribution in [3.8, 4) is 17.2 Å². The van der Waals surface area contributed by atoms with Crippen LogP contribution in [-0.4, -0.2) is 40.1 Å². The maximum atomic E-state index is 12.3. The molecule has 6 nitrogen and oxygen atoms in total. The number of aromatic nitrogens is 4. The Morgan fingerprint density at radius 3 is 2.71 bits per heavy atom. The van der Waals surface area contributed by atoms with Crippen molar-refractivity contribution in [2.45, 2.75) is 24.0 Å². The molecule has 28 heavy (non-hydrogen) atoms. The number of alkyl halides is 3. The van der Waals surface area contributed by atoms with E-state index in [1.54, 1.807) is 30.0 Å². The van der Waals surface area contributed by atoms with Gasteiger partial charge in [-0.1, -0.05) is 30.0 Å². The zero-order valence-electron chi connectivity index (χ0n) is 15.1. The molecular formula is C18H17F3N4O2S. The van der Waals surface area contributed by atoms with Gasteiger partial charge in [0.2, 0.25) is 5.16 Å². The Bertz CT molecular complexity index is 947. The summed E-state index contributed by atoms with van der Waals surface area (Å²) in [5.74, 6) is 1.25. The van der Waals surface area contributed by atoms with Crippen molar-refractivity contribution in [1.29, 1.82) is 0 Å². The molecule has 0 spiro atoms. The molecule has 1 heterocycles. The minimum Gasteiger partial charge on any atom is -0.494 e. The molecule has 0 aliphatic carbocycles. The number of nitrogens with zero attached hydrogens (tertiary/aromatic N) is 4. The zero-order chi connectivity index (χ0) is 20.1. The first-order valence-electron chi connectivity index (χ1n) is 8.20. The van der Waals surface area contributed by atoms with Crippen molar-refractivity contribution < 1.29 is 22.6 Å². The lowest BCUT2D eigenvalue weighted by Gasteiger charge is -2.11. The molecule has 3 rings (SSSR count). The third-order valence-corrected chi connectivity index (χ3v) is 4.66. The molecule has 0 saturated heterocycles. The Kier molecular flexibility index (Phi) is 6.08. The molecular weight excluding hydrogens is 393 g/mol. The largest absolute Gasteiger partial charge is 0.494 e. The summed E-state index contributed by atoms with van der Waals surface area (Å²) in [6.45, 7) is 0.627. The number of methoxy groups -OCH3 is 1. The molecule has 0 radical (unpaired) electrons. The zero-order valence-corrected chi connectivity index (χ0v) is 15.9. The van der Waals surface area contributed by atoms with Crippen molar-refractivity contribution in [3.63, 3.8) is 0 Å². The second-order valence-corrected chi connectivity index (χ2v) is 6.83. The first kappa shape index (κ1) is 20.0. The summed E-state index contributed by atoms with van der Waals surface area (Å²) in [5, 5.41) is 12.3. The van der Waals surface area contributed by atoms with Crippen LogP contribution in [0.4, 0.5) is 13.2 Å². The van der Waals surface area contributed by atoms with Crippen molar-refractivity contribution >= 4 is 11.8 Å². The number of hydrogen-bond donors (Lipinski definition) is 0. The number of benzene rings is 2. The van der Waals surface area contributed by atoms with Crippen LogP contribution in [0, 0.1) is 6.92 Å². The van der Waals surface area contributed by atoms with E-state index >= 15 is 0 Å². The van der Waals surface area contributed by atoms with Crippen LogP contribution >= 0.6 is 11.8 Å². The van der Waals surface area contributed by atoms with E-state index in [0.717, 1.165) is 11.1 Å². The fourth-order valence-corrected chi connectivity index (χ4v) is 3.25. The number of thioether (sulfide) groups is 1. The van der Waals surface area contributed by atoms with E-state index in [9.17, 15) is 13.2 Å². The number of tetrazole rings is 1. The predicted octanol–water partition coefficient (Wildman–Crippen LogP) is 4.21. The van der Waals surface area contributed by atoms with Gasteiger partial charge in [-0.3, -0.25) is 0 Å². The van der Waals surface area contributed by atoms with Gasteiger partial charge in [0, 0.05) is 5.75 Å². The molecule has 0 N–H and O–H groups in total. The van der Waals surface area contributed by atoms with Crippen LogP contribution in [0.25, 0.3) is 5.69 Å². The van der Waals surface area contributed by atoms with Crippen LogP contribution < -0.4 is 9.47 Å². The smallest absolute Gasteiger partial charge is 0.422 e. The van der Waals surface area contributed by atoms with Gasteiger partial charge < -0.3 is 9.47 Å². The summed E-state index contributed by atoms with van der Waals surface area (Å²) in [6, 6.07) is 12.2. The van der Waals surface area contributed by atoms with Gasteiger partial charge in [0.25, 0.3) is 0 Å². The topological polar surface area (TPSA) is 62.1 Å². The quantitative estimate of drug-likeness (QED) is 0.544. The Morgan fingerprint density at radius 2 is 1.96 bits per heavy atom. The molecule has 0 aliphatic rings. The maximum absolute atomic E-state index is 12.3. The van der Waals surface area contributed by atoms with Gasteiger partial charge in [-0.25, -0.2) is 0 Å². The van der Waals surface area contributed by atoms with Crippen molar-refractivity contribution in [1.82, 2.24) is 20.2 Å². The van der Waals surface area contributed by atoms with Gasteiger partial charge in [0.15, 0.2) is 6.61 Å². The van der Waals surface area contributed by atoms with Crippen LogP contribution in [0.15, 0.2) is 47.6 Å². The molecule has 0 amide bonds. The van der Waals surface area contributed by atoms with E-state index in [-0.39, 0.29) is 5.75 Å².